The molecule has 0 saturated heterocycles. The Labute approximate surface area is 109 Å². The van der Waals surface area contributed by atoms with Gasteiger partial charge in [0.05, 0.1) is 11.1 Å². The molecule has 0 spiro atoms. The Morgan fingerprint density at radius 1 is 1.05 bits per heavy atom. The van der Waals surface area contributed by atoms with Crippen LogP contribution in [0, 0.1) is 13.8 Å². The van der Waals surface area contributed by atoms with Crippen molar-refractivity contribution in [2.24, 2.45) is 0 Å². The zero-order chi connectivity index (χ0) is 14.2. The molecule has 1 aromatic carbocycles. The monoisotopic (exact) mass is 259 g/mol. The average Bonchev–Trinajstić information content (AvgIpc) is 2.71. The van der Waals surface area contributed by atoms with Crippen LogP contribution in [0.15, 0.2) is 30.5 Å². The average molecular weight is 259 g/mol. The molecule has 0 radical (unpaired) electrons. The summed E-state index contributed by atoms with van der Waals surface area (Å²) >= 11 is 0. The van der Waals surface area contributed by atoms with Crippen molar-refractivity contribution in [3.8, 4) is 5.69 Å². The van der Waals surface area contributed by atoms with Crippen LogP contribution in [0.3, 0.4) is 0 Å². The lowest BCUT2D eigenvalue weighted by Crippen LogP contribution is -2.04. The highest BCUT2D eigenvalue weighted by molar-refractivity contribution is 5.90. The molecule has 0 bridgehead atoms. The molecule has 0 unspecified atom stereocenters. The first-order valence-electron chi connectivity index (χ1n) is 5.67. The largest absolute Gasteiger partial charge is 0.478 e. The highest BCUT2D eigenvalue weighted by atomic mass is 16.4. The van der Waals surface area contributed by atoms with Gasteiger partial charge < -0.3 is 14.8 Å². The van der Waals surface area contributed by atoms with E-state index in [1.807, 2.05) is 6.92 Å². The molecule has 19 heavy (non-hydrogen) atoms. The van der Waals surface area contributed by atoms with Gasteiger partial charge in [-0.15, -0.1) is 0 Å². The van der Waals surface area contributed by atoms with Crippen molar-refractivity contribution in [2.45, 2.75) is 13.8 Å². The van der Waals surface area contributed by atoms with Gasteiger partial charge in [0.1, 0.15) is 0 Å². The van der Waals surface area contributed by atoms with Gasteiger partial charge in [-0.05, 0) is 37.6 Å². The normalized spacial score (nSPS) is 10.4. The van der Waals surface area contributed by atoms with E-state index >= 15 is 0 Å². The zero-order valence-electron chi connectivity index (χ0n) is 10.5. The molecule has 1 heterocycles. The number of hydrogen-bond acceptors (Lipinski definition) is 2. The first kappa shape index (κ1) is 12.9. The van der Waals surface area contributed by atoms with Gasteiger partial charge in [-0.1, -0.05) is 6.07 Å². The lowest BCUT2D eigenvalue weighted by Gasteiger charge is -2.11. The van der Waals surface area contributed by atoms with Crippen LogP contribution in [0.1, 0.15) is 32.0 Å². The summed E-state index contributed by atoms with van der Waals surface area (Å²) in [6.07, 6.45) is 1.63. The Morgan fingerprint density at radius 3 is 2.26 bits per heavy atom. The summed E-state index contributed by atoms with van der Waals surface area (Å²) in [5, 5.41) is 18.0. The molecule has 0 saturated carbocycles. The number of rotatable bonds is 3. The summed E-state index contributed by atoms with van der Waals surface area (Å²) in [7, 11) is 0. The summed E-state index contributed by atoms with van der Waals surface area (Å²) in [5.74, 6) is -2.01. The Balaban J connectivity index is 2.61. The van der Waals surface area contributed by atoms with Gasteiger partial charge in [0.2, 0.25) is 0 Å². The fraction of sp³-hybridized carbons (Fsp3) is 0.143. The van der Waals surface area contributed by atoms with Gasteiger partial charge in [0.15, 0.2) is 0 Å². The summed E-state index contributed by atoms with van der Waals surface area (Å²) < 4.78 is 1.69. The first-order valence-corrected chi connectivity index (χ1v) is 5.67. The van der Waals surface area contributed by atoms with Crippen LogP contribution in [0.5, 0.6) is 0 Å². The molecule has 2 rings (SSSR count). The van der Waals surface area contributed by atoms with Crippen LogP contribution in [-0.2, 0) is 0 Å². The number of aryl methyl sites for hydroxylation is 1. The molecule has 0 fully saturated rings. The second-order valence-corrected chi connectivity index (χ2v) is 4.30. The third-order valence-electron chi connectivity index (χ3n) is 3.09. The molecule has 5 heteroatoms. The maximum absolute atomic E-state index is 11.0. The highest BCUT2D eigenvalue weighted by Gasteiger charge is 2.14. The SMILES string of the molecule is Cc1ccc(C(=O)O)cc1-n1ccc(C(=O)O)c1C. The van der Waals surface area contributed by atoms with Gasteiger partial charge in [0, 0.05) is 17.6 Å². The number of hydrogen-bond donors (Lipinski definition) is 2. The molecule has 0 aliphatic heterocycles. The van der Waals surface area contributed by atoms with Gasteiger partial charge >= 0.3 is 11.9 Å². The van der Waals surface area contributed by atoms with Crippen LogP contribution < -0.4 is 0 Å². The highest BCUT2D eigenvalue weighted by Crippen LogP contribution is 2.21. The van der Waals surface area contributed by atoms with Crippen molar-refractivity contribution in [1.82, 2.24) is 4.57 Å². The van der Waals surface area contributed by atoms with Crippen LogP contribution in [0.25, 0.3) is 5.69 Å². The molecule has 0 amide bonds. The van der Waals surface area contributed by atoms with Crippen molar-refractivity contribution in [1.29, 1.82) is 0 Å². The Bertz CT molecular complexity index is 670. The predicted molar refractivity (Wildman–Crippen MR) is 69.2 cm³/mol. The fourth-order valence-corrected chi connectivity index (χ4v) is 2.00. The standard InChI is InChI=1S/C14H13NO4/c1-8-3-4-10(13(16)17)7-12(8)15-6-5-11(9(15)2)14(18)19/h3-7H,1-2H3,(H,16,17)(H,18,19). The Morgan fingerprint density at radius 2 is 1.74 bits per heavy atom. The molecule has 5 nitrogen and oxygen atoms in total. The fourth-order valence-electron chi connectivity index (χ4n) is 2.00. The third-order valence-corrected chi connectivity index (χ3v) is 3.09. The van der Waals surface area contributed by atoms with Crippen molar-refractivity contribution in [3.63, 3.8) is 0 Å². The van der Waals surface area contributed by atoms with Gasteiger partial charge in [-0.3, -0.25) is 0 Å². The maximum atomic E-state index is 11.0. The Kier molecular flexibility index (Phi) is 3.12. The van der Waals surface area contributed by atoms with Crippen LogP contribution in [0.4, 0.5) is 0 Å². The van der Waals surface area contributed by atoms with E-state index in [9.17, 15) is 9.59 Å². The number of carboxylic acids is 2. The second-order valence-electron chi connectivity index (χ2n) is 4.30. The molecule has 1 aromatic heterocycles. The van der Waals surface area contributed by atoms with Crippen molar-refractivity contribution < 1.29 is 19.8 Å². The van der Waals surface area contributed by atoms with E-state index in [1.165, 1.54) is 18.2 Å². The number of carboxylic acid groups (broad SMARTS) is 2. The molecule has 98 valence electrons. The molecule has 0 aliphatic rings. The summed E-state index contributed by atoms with van der Waals surface area (Å²) in [6, 6.07) is 6.28. The van der Waals surface area contributed by atoms with E-state index in [2.05, 4.69) is 0 Å². The van der Waals surface area contributed by atoms with E-state index in [-0.39, 0.29) is 11.1 Å². The Hall–Kier alpha value is -2.56. The third kappa shape index (κ3) is 2.22. The molecular weight excluding hydrogens is 246 g/mol. The zero-order valence-corrected chi connectivity index (χ0v) is 10.5. The van der Waals surface area contributed by atoms with E-state index in [4.69, 9.17) is 10.2 Å². The number of aromatic carboxylic acids is 2. The number of nitrogens with zero attached hydrogens (tertiary/aromatic N) is 1. The predicted octanol–water partition coefficient (Wildman–Crippen LogP) is 2.49. The van der Waals surface area contributed by atoms with E-state index in [0.717, 1.165) is 5.56 Å². The van der Waals surface area contributed by atoms with E-state index < -0.39 is 11.9 Å². The summed E-state index contributed by atoms with van der Waals surface area (Å²) in [5.41, 5.74) is 2.49. The summed E-state index contributed by atoms with van der Waals surface area (Å²) in [4.78, 5) is 22.0. The molecule has 2 N–H and O–H groups in total. The van der Waals surface area contributed by atoms with Gasteiger partial charge in [-0.2, -0.15) is 0 Å². The van der Waals surface area contributed by atoms with E-state index in [1.54, 1.807) is 23.8 Å². The van der Waals surface area contributed by atoms with Crippen LogP contribution in [0.2, 0.25) is 0 Å². The topological polar surface area (TPSA) is 79.5 Å². The minimum absolute atomic E-state index is 0.172. The molecule has 0 atom stereocenters. The number of benzene rings is 1. The van der Waals surface area contributed by atoms with Crippen molar-refractivity contribution in [3.05, 3.63) is 52.8 Å². The minimum Gasteiger partial charge on any atom is -0.478 e. The maximum Gasteiger partial charge on any atom is 0.337 e. The quantitative estimate of drug-likeness (QED) is 0.887. The second kappa shape index (κ2) is 4.61. The number of carbonyl (C=O) groups is 2. The molecule has 0 aliphatic carbocycles. The lowest BCUT2D eigenvalue weighted by molar-refractivity contribution is 0.0685. The number of aromatic nitrogens is 1. The van der Waals surface area contributed by atoms with Crippen LogP contribution in [-0.4, -0.2) is 26.7 Å². The first-order chi connectivity index (χ1) is 8.91. The summed E-state index contributed by atoms with van der Waals surface area (Å²) in [6.45, 7) is 3.54. The van der Waals surface area contributed by atoms with E-state index in [0.29, 0.717) is 11.4 Å². The van der Waals surface area contributed by atoms with Gasteiger partial charge in [0.25, 0.3) is 0 Å². The van der Waals surface area contributed by atoms with Crippen LogP contribution >= 0.6 is 0 Å². The van der Waals surface area contributed by atoms with Crippen molar-refractivity contribution >= 4 is 11.9 Å². The smallest absolute Gasteiger partial charge is 0.337 e. The molecule has 2 aromatic rings. The van der Waals surface area contributed by atoms with Gasteiger partial charge in [-0.25, -0.2) is 9.59 Å². The molecular formula is C14H13NO4. The lowest BCUT2D eigenvalue weighted by atomic mass is 10.1. The minimum atomic E-state index is -1.01. The van der Waals surface area contributed by atoms with Crippen molar-refractivity contribution in [2.75, 3.05) is 0 Å².